The third-order valence-corrected chi connectivity index (χ3v) is 2.88. The minimum absolute atomic E-state index is 0.0632. The fraction of sp³-hybridized carbons (Fsp3) is 0. The van der Waals surface area contributed by atoms with Crippen molar-refractivity contribution in [3.05, 3.63) is 40.5 Å². The molecule has 7 heteroatoms. The van der Waals surface area contributed by atoms with Crippen molar-refractivity contribution in [1.82, 2.24) is 15.4 Å². The van der Waals surface area contributed by atoms with Crippen molar-refractivity contribution >= 4 is 46.5 Å². The van der Waals surface area contributed by atoms with Crippen molar-refractivity contribution in [3.8, 4) is 0 Å². The molecule has 1 aromatic carbocycles. The Hall–Kier alpha value is -1.10. The molecule has 16 heavy (non-hydrogen) atoms. The Kier molecular flexibility index (Phi) is 3.43. The Morgan fingerprint density at radius 3 is 2.38 bits per heavy atom. The average molecular weight is 276 g/mol. The zero-order valence-electron chi connectivity index (χ0n) is 7.81. The first-order chi connectivity index (χ1) is 7.70. The lowest BCUT2D eigenvalue weighted by atomic mass is 10.3. The second-order valence-corrected chi connectivity index (χ2v) is 3.91. The van der Waals surface area contributed by atoms with Crippen LogP contribution in [0.2, 0.25) is 10.2 Å². The molecule has 0 aliphatic rings. The van der Waals surface area contributed by atoms with Crippen LogP contribution in [0.4, 0.5) is 11.5 Å². The van der Waals surface area contributed by atoms with Gasteiger partial charge in [-0.2, -0.15) is 0 Å². The van der Waals surface area contributed by atoms with E-state index in [0.717, 1.165) is 0 Å². The van der Waals surface area contributed by atoms with Crippen molar-refractivity contribution < 1.29 is 0 Å². The topological polar surface area (TPSA) is 41.9 Å². The summed E-state index contributed by atoms with van der Waals surface area (Å²) in [5.41, 5.74) is 0.711. The smallest absolute Gasteiger partial charge is 0.194 e. The van der Waals surface area contributed by atoms with Crippen LogP contribution >= 0.6 is 35.0 Å². The Labute approximate surface area is 107 Å². The third-order valence-electron chi connectivity index (χ3n) is 1.82. The highest BCUT2D eigenvalue weighted by atomic mass is 35.5. The highest BCUT2D eigenvalue weighted by Crippen LogP contribution is 2.33. The van der Waals surface area contributed by atoms with Gasteiger partial charge in [0.2, 0.25) is 0 Å². The number of para-hydroxylation sites is 1. The number of aromatic nitrogens is 3. The molecule has 0 atom stereocenters. The summed E-state index contributed by atoms with van der Waals surface area (Å²) in [6, 6.07) is 9.17. The van der Waals surface area contributed by atoms with Gasteiger partial charge in [-0.1, -0.05) is 41.4 Å². The minimum Gasteiger partial charge on any atom is -0.233 e. The molecule has 0 aliphatic heterocycles. The van der Waals surface area contributed by atoms with E-state index in [2.05, 4.69) is 15.4 Å². The Morgan fingerprint density at radius 2 is 1.69 bits per heavy atom. The first kappa shape index (κ1) is 11.4. The SMILES string of the molecule is Clc1nnnc(N(Cl)c2ccccc2)c1Cl. The van der Waals surface area contributed by atoms with Crippen LogP contribution < -0.4 is 4.42 Å². The van der Waals surface area contributed by atoms with Crippen molar-refractivity contribution in [3.63, 3.8) is 0 Å². The first-order valence-electron chi connectivity index (χ1n) is 4.25. The van der Waals surface area contributed by atoms with E-state index >= 15 is 0 Å². The third kappa shape index (κ3) is 2.19. The van der Waals surface area contributed by atoms with E-state index in [-0.39, 0.29) is 16.0 Å². The lowest BCUT2D eigenvalue weighted by molar-refractivity contribution is 0.865. The van der Waals surface area contributed by atoms with E-state index in [1.165, 1.54) is 4.42 Å². The molecule has 0 unspecified atom stereocenters. The fourth-order valence-electron chi connectivity index (χ4n) is 1.09. The Bertz CT molecular complexity index is 491. The van der Waals surface area contributed by atoms with Gasteiger partial charge in [-0.05, 0) is 17.3 Å². The zero-order valence-corrected chi connectivity index (χ0v) is 10.1. The summed E-state index contributed by atoms with van der Waals surface area (Å²) in [5, 5.41) is 10.9. The summed E-state index contributed by atoms with van der Waals surface area (Å²) < 4.78 is 1.27. The fourth-order valence-corrected chi connectivity index (χ4v) is 1.64. The maximum Gasteiger partial charge on any atom is 0.194 e. The molecule has 0 aliphatic carbocycles. The van der Waals surface area contributed by atoms with Gasteiger partial charge < -0.3 is 0 Å². The van der Waals surface area contributed by atoms with Gasteiger partial charge in [0.15, 0.2) is 11.0 Å². The van der Waals surface area contributed by atoms with Gasteiger partial charge in [0.1, 0.15) is 5.02 Å². The number of hydrogen-bond acceptors (Lipinski definition) is 4. The van der Waals surface area contributed by atoms with E-state index < -0.39 is 0 Å². The number of rotatable bonds is 2. The summed E-state index contributed by atoms with van der Waals surface area (Å²) in [7, 11) is 0. The molecular weight excluding hydrogens is 270 g/mol. The van der Waals surface area contributed by atoms with Crippen LogP contribution in [-0.4, -0.2) is 15.4 Å². The molecule has 0 saturated carbocycles. The standard InChI is InChI=1S/C9H5Cl3N4/c10-7-8(11)13-15-14-9(7)16(12)6-4-2-1-3-5-6/h1-5H. The zero-order chi connectivity index (χ0) is 11.5. The first-order valence-corrected chi connectivity index (χ1v) is 5.35. The molecule has 0 spiro atoms. The summed E-state index contributed by atoms with van der Waals surface area (Å²) in [4.78, 5) is 0. The van der Waals surface area contributed by atoms with Crippen molar-refractivity contribution in [2.24, 2.45) is 0 Å². The van der Waals surface area contributed by atoms with Crippen LogP contribution in [0.3, 0.4) is 0 Å². The van der Waals surface area contributed by atoms with E-state index in [1.807, 2.05) is 18.2 Å². The van der Waals surface area contributed by atoms with Gasteiger partial charge in [0.05, 0.1) is 5.69 Å². The predicted molar refractivity (Wildman–Crippen MR) is 64.3 cm³/mol. The summed E-state index contributed by atoms with van der Waals surface area (Å²) in [6.45, 7) is 0. The molecule has 1 aromatic heterocycles. The molecule has 0 saturated heterocycles. The predicted octanol–water partition coefficient (Wildman–Crippen LogP) is 3.47. The van der Waals surface area contributed by atoms with E-state index in [0.29, 0.717) is 5.69 Å². The Balaban J connectivity index is 2.42. The molecule has 82 valence electrons. The lowest BCUT2D eigenvalue weighted by Gasteiger charge is -2.14. The molecule has 2 aromatic rings. The molecular formula is C9H5Cl3N4. The number of halogens is 3. The second-order valence-electron chi connectivity index (χ2n) is 2.83. The quantitative estimate of drug-likeness (QED) is 0.787. The molecule has 0 N–H and O–H groups in total. The number of nitrogens with zero attached hydrogens (tertiary/aromatic N) is 4. The van der Waals surface area contributed by atoms with Crippen LogP contribution in [0.25, 0.3) is 0 Å². The van der Waals surface area contributed by atoms with Gasteiger partial charge >= 0.3 is 0 Å². The molecule has 0 radical (unpaired) electrons. The summed E-state index contributed by atoms with van der Waals surface area (Å²) in [6.07, 6.45) is 0. The van der Waals surface area contributed by atoms with Crippen LogP contribution in [0.15, 0.2) is 30.3 Å². The maximum atomic E-state index is 6.07. The average Bonchev–Trinajstić information content (AvgIpc) is 2.33. The van der Waals surface area contributed by atoms with Crippen molar-refractivity contribution in [1.29, 1.82) is 0 Å². The Morgan fingerprint density at radius 1 is 1.00 bits per heavy atom. The normalized spacial score (nSPS) is 10.2. The van der Waals surface area contributed by atoms with Crippen LogP contribution in [0, 0.1) is 0 Å². The number of anilines is 2. The van der Waals surface area contributed by atoms with Crippen molar-refractivity contribution in [2.75, 3.05) is 4.42 Å². The molecule has 2 rings (SSSR count). The van der Waals surface area contributed by atoms with Gasteiger partial charge in [0, 0.05) is 11.8 Å². The van der Waals surface area contributed by atoms with E-state index in [9.17, 15) is 0 Å². The summed E-state index contributed by atoms with van der Waals surface area (Å²) in [5.74, 6) is 0.245. The van der Waals surface area contributed by atoms with Crippen molar-refractivity contribution in [2.45, 2.75) is 0 Å². The number of hydrogen-bond donors (Lipinski definition) is 0. The minimum atomic E-state index is 0.0632. The summed E-state index contributed by atoms with van der Waals surface area (Å²) >= 11 is 17.7. The second kappa shape index (κ2) is 4.82. The largest absolute Gasteiger partial charge is 0.233 e. The number of benzene rings is 1. The monoisotopic (exact) mass is 274 g/mol. The van der Waals surface area contributed by atoms with Gasteiger partial charge in [0.25, 0.3) is 0 Å². The molecule has 4 nitrogen and oxygen atoms in total. The van der Waals surface area contributed by atoms with Crippen LogP contribution in [0.1, 0.15) is 0 Å². The van der Waals surface area contributed by atoms with Gasteiger partial charge in [-0.3, -0.25) is 0 Å². The highest BCUT2D eigenvalue weighted by molar-refractivity contribution is 6.44. The maximum absolute atomic E-state index is 6.07. The molecule has 0 bridgehead atoms. The lowest BCUT2D eigenvalue weighted by Crippen LogP contribution is -2.07. The van der Waals surface area contributed by atoms with Crippen LogP contribution in [0.5, 0.6) is 0 Å². The van der Waals surface area contributed by atoms with Gasteiger partial charge in [-0.15, -0.1) is 10.2 Å². The molecule has 1 heterocycles. The molecule has 0 amide bonds. The van der Waals surface area contributed by atoms with Crippen LogP contribution in [-0.2, 0) is 0 Å². The molecule has 0 fully saturated rings. The van der Waals surface area contributed by atoms with E-state index in [1.54, 1.807) is 12.1 Å². The highest BCUT2D eigenvalue weighted by Gasteiger charge is 2.15. The van der Waals surface area contributed by atoms with Gasteiger partial charge in [-0.25, -0.2) is 4.42 Å². The van der Waals surface area contributed by atoms with E-state index in [4.69, 9.17) is 35.0 Å².